The molecule has 30 heavy (non-hydrogen) atoms. The highest BCUT2D eigenvalue weighted by atomic mass is 32.1. The van der Waals surface area contributed by atoms with Gasteiger partial charge in [0, 0.05) is 23.9 Å². The molecule has 8 heteroatoms. The van der Waals surface area contributed by atoms with Crippen molar-refractivity contribution in [1.29, 1.82) is 0 Å². The maximum Gasteiger partial charge on any atom is 0.260 e. The van der Waals surface area contributed by atoms with Crippen LogP contribution in [0.2, 0.25) is 0 Å². The van der Waals surface area contributed by atoms with E-state index in [1.54, 1.807) is 12.1 Å². The zero-order valence-corrected chi connectivity index (χ0v) is 17.6. The summed E-state index contributed by atoms with van der Waals surface area (Å²) in [5.74, 6) is -1.66. The highest BCUT2D eigenvalue weighted by molar-refractivity contribution is 7.22. The Morgan fingerprint density at radius 3 is 2.63 bits per heavy atom. The summed E-state index contributed by atoms with van der Waals surface area (Å²) in [7, 11) is 0. The lowest BCUT2D eigenvalue weighted by Gasteiger charge is -2.20. The van der Waals surface area contributed by atoms with Crippen molar-refractivity contribution in [1.82, 2.24) is 14.8 Å². The van der Waals surface area contributed by atoms with Crippen molar-refractivity contribution >= 4 is 32.6 Å². The summed E-state index contributed by atoms with van der Waals surface area (Å²) in [5.41, 5.74) is 3.39. The molecule has 0 bridgehead atoms. The molecular formula is C22H20F2N4OS. The fourth-order valence-electron chi connectivity index (χ4n) is 3.37. The second-order valence-electron chi connectivity index (χ2n) is 7.21. The summed E-state index contributed by atoms with van der Waals surface area (Å²) >= 11 is 1.09. The van der Waals surface area contributed by atoms with Crippen LogP contribution in [0.5, 0.6) is 0 Å². The van der Waals surface area contributed by atoms with E-state index >= 15 is 0 Å². The number of hydrogen-bond acceptors (Lipinski definition) is 4. The van der Waals surface area contributed by atoms with E-state index in [4.69, 9.17) is 0 Å². The van der Waals surface area contributed by atoms with Crippen LogP contribution in [0.25, 0.3) is 10.2 Å². The maximum atomic E-state index is 14.2. The van der Waals surface area contributed by atoms with Crippen LogP contribution in [-0.2, 0) is 6.54 Å². The molecule has 5 nitrogen and oxygen atoms in total. The second-order valence-corrected chi connectivity index (χ2v) is 8.22. The van der Waals surface area contributed by atoms with E-state index < -0.39 is 11.6 Å². The van der Waals surface area contributed by atoms with Crippen molar-refractivity contribution in [2.75, 3.05) is 11.4 Å². The minimum absolute atomic E-state index is 0.0598. The third kappa shape index (κ3) is 3.95. The number of fused-ring (bicyclic) bond motifs is 1. The molecule has 0 N–H and O–H groups in total. The first kappa shape index (κ1) is 20.2. The molecule has 1 amide bonds. The third-order valence-corrected chi connectivity index (χ3v) is 5.81. The Balaban J connectivity index is 1.73. The van der Waals surface area contributed by atoms with Gasteiger partial charge in [-0.2, -0.15) is 5.10 Å². The van der Waals surface area contributed by atoms with Gasteiger partial charge in [0.25, 0.3) is 5.91 Å². The van der Waals surface area contributed by atoms with Crippen LogP contribution >= 0.6 is 11.3 Å². The number of carbonyl (C=O) groups is 1. The van der Waals surface area contributed by atoms with Gasteiger partial charge in [0.15, 0.2) is 10.9 Å². The van der Waals surface area contributed by atoms with Crippen molar-refractivity contribution in [3.05, 3.63) is 76.6 Å². The summed E-state index contributed by atoms with van der Waals surface area (Å²) < 4.78 is 30.0. The topological polar surface area (TPSA) is 51.0 Å². The minimum Gasteiger partial charge on any atom is -0.282 e. The number of nitrogens with zero attached hydrogens (tertiary/aromatic N) is 4. The summed E-state index contributed by atoms with van der Waals surface area (Å²) in [4.78, 5) is 19.2. The fourth-order valence-corrected chi connectivity index (χ4v) is 4.40. The van der Waals surface area contributed by atoms with E-state index in [0.29, 0.717) is 28.5 Å². The van der Waals surface area contributed by atoms with Crippen LogP contribution in [0, 0.1) is 32.4 Å². The number of rotatable bonds is 5. The zero-order chi connectivity index (χ0) is 21.4. The van der Waals surface area contributed by atoms with Gasteiger partial charge in [0.05, 0.1) is 16.9 Å². The van der Waals surface area contributed by atoms with Gasteiger partial charge in [0.1, 0.15) is 11.3 Å². The van der Waals surface area contributed by atoms with Gasteiger partial charge in [-0.3, -0.25) is 14.4 Å². The molecule has 0 fully saturated rings. The Hall–Kier alpha value is -3.13. The number of hydrogen-bond donors (Lipinski definition) is 0. The molecule has 0 radical (unpaired) electrons. The second kappa shape index (κ2) is 7.95. The number of aryl methyl sites for hydroxylation is 3. The van der Waals surface area contributed by atoms with E-state index in [1.165, 1.54) is 11.0 Å². The molecule has 0 atom stereocenters. The molecule has 0 aliphatic carbocycles. The van der Waals surface area contributed by atoms with Crippen molar-refractivity contribution in [3.63, 3.8) is 0 Å². The van der Waals surface area contributed by atoms with Crippen LogP contribution in [0.15, 0.2) is 42.5 Å². The number of aromatic nitrogens is 3. The molecular weight excluding hydrogens is 406 g/mol. The van der Waals surface area contributed by atoms with Crippen molar-refractivity contribution in [3.8, 4) is 0 Å². The largest absolute Gasteiger partial charge is 0.282 e. The smallest absolute Gasteiger partial charge is 0.260 e. The van der Waals surface area contributed by atoms with Gasteiger partial charge >= 0.3 is 0 Å². The quantitative estimate of drug-likeness (QED) is 0.449. The highest BCUT2D eigenvalue weighted by Crippen LogP contribution is 2.32. The van der Waals surface area contributed by atoms with E-state index in [2.05, 4.69) is 10.1 Å². The van der Waals surface area contributed by atoms with E-state index in [1.807, 2.05) is 43.7 Å². The predicted octanol–water partition coefficient (Wildman–Crippen LogP) is 5.04. The van der Waals surface area contributed by atoms with Gasteiger partial charge in [-0.1, -0.05) is 29.0 Å². The monoisotopic (exact) mass is 426 g/mol. The molecule has 0 unspecified atom stereocenters. The molecule has 0 aliphatic rings. The number of benzene rings is 2. The highest BCUT2D eigenvalue weighted by Gasteiger charge is 2.23. The summed E-state index contributed by atoms with van der Waals surface area (Å²) in [6.07, 6.45) is 0. The Morgan fingerprint density at radius 2 is 1.93 bits per heavy atom. The molecule has 2 aromatic carbocycles. The SMILES string of the molecule is Cc1cccc(C(=O)N(CCn2nc(C)cc2C)c2nc3c(F)cc(F)cc3s2)c1. The van der Waals surface area contributed by atoms with Crippen LogP contribution in [0.3, 0.4) is 0 Å². The van der Waals surface area contributed by atoms with Crippen molar-refractivity contribution in [2.24, 2.45) is 0 Å². The molecule has 0 spiro atoms. The van der Waals surface area contributed by atoms with Gasteiger partial charge in [-0.25, -0.2) is 13.8 Å². The first-order valence-corrected chi connectivity index (χ1v) is 10.3. The maximum absolute atomic E-state index is 14.2. The van der Waals surface area contributed by atoms with Crippen LogP contribution in [0.1, 0.15) is 27.3 Å². The third-order valence-electron chi connectivity index (χ3n) is 4.78. The van der Waals surface area contributed by atoms with Crippen molar-refractivity contribution < 1.29 is 13.6 Å². The van der Waals surface area contributed by atoms with Gasteiger partial charge in [-0.15, -0.1) is 0 Å². The molecule has 4 rings (SSSR count). The Bertz CT molecular complexity index is 1250. The lowest BCUT2D eigenvalue weighted by Crippen LogP contribution is -2.34. The summed E-state index contributed by atoms with van der Waals surface area (Å²) in [5, 5.41) is 4.76. The molecule has 0 saturated heterocycles. The Labute approximate surface area is 176 Å². The van der Waals surface area contributed by atoms with E-state index in [9.17, 15) is 13.6 Å². The van der Waals surface area contributed by atoms with E-state index in [-0.39, 0.29) is 11.4 Å². The minimum atomic E-state index is -0.742. The Morgan fingerprint density at radius 1 is 1.13 bits per heavy atom. The van der Waals surface area contributed by atoms with Crippen LogP contribution in [0.4, 0.5) is 13.9 Å². The summed E-state index contributed by atoms with van der Waals surface area (Å²) in [6.45, 7) is 6.50. The zero-order valence-electron chi connectivity index (χ0n) is 16.8. The normalized spacial score (nSPS) is 11.2. The molecule has 154 valence electrons. The van der Waals surface area contributed by atoms with Gasteiger partial charge in [-0.05, 0) is 45.0 Å². The number of halogens is 2. The van der Waals surface area contributed by atoms with Gasteiger partial charge < -0.3 is 0 Å². The number of amides is 1. The van der Waals surface area contributed by atoms with Crippen molar-refractivity contribution in [2.45, 2.75) is 27.3 Å². The predicted molar refractivity (Wildman–Crippen MR) is 114 cm³/mol. The average Bonchev–Trinajstić information content (AvgIpc) is 3.24. The molecule has 4 aromatic rings. The lowest BCUT2D eigenvalue weighted by molar-refractivity contribution is 0.0985. The van der Waals surface area contributed by atoms with Gasteiger partial charge in [0.2, 0.25) is 0 Å². The van der Waals surface area contributed by atoms with E-state index in [0.717, 1.165) is 34.4 Å². The standard InChI is InChI=1S/C22H20F2N4OS/c1-13-5-4-6-16(9-13)21(29)27(7-8-28-15(3)10-14(2)26-28)22-25-20-18(24)11-17(23)12-19(20)30-22/h4-6,9-12H,7-8H2,1-3H3. The first-order chi connectivity index (χ1) is 14.3. The lowest BCUT2D eigenvalue weighted by atomic mass is 10.1. The van der Waals surface area contributed by atoms with Crippen LogP contribution < -0.4 is 4.90 Å². The molecule has 0 saturated carbocycles. The van der Waals surface area contributed by atoms with Crippen LogP contribution in [-0.4, -0.2) is 27.2 Å². The molecule has 0 aliphatic heterocycles. The average molecular weight is 426 g/mol. The number of anilines is 1. The first-order valence-electron chi connectivity index (χ1n) is 9.47. The molecule has 2 aromatic heterocycles. The number of carbonyl (C=O) groups excluding carboxylic acids is 1. The fraction of sp³-hybridized carbons (Fsp3) is 0.227. The summed E-state index contributed by atoms with van der Waals surface area (Å²) in [6, 6.07) is 11.3. The molecule has 2 heterocycles. The number of thiazole rings is 1. The Kier molecular flexibility index (Phi) is 5.34.